The molecular weight excluding hydrogens is 273 g/mol. The van der Waals surface area contributed by atoms with Crippen LogP contribution >= 0.6 is 11.6 Å². The third-order valence-electron chi connectivity index (χ3n) is 1.99. The Hall–Kier alpha value is -2.33. The van der Waals surface area contributed by atoms with Crippen LogP contribution in [0, 0.1) is 22.6 Å². The van der Waals surface area contributed by atoms with Gasteiger partial charge in [-0.25, -0.2) is 4.39 Å². The van der Waals surface area contributed by atoms with Crippen molar-refractivity contribution in [2.45, 2.75) is 6.92 Å². The molecule has 1 rings (SSSR count). The second-order valence-electron chi connectivity index (χ2n) is 3.27. The number of rotatable bonds is 5. The monoisotopic (exact) mass is 283 g/mol. The van der Waals surface area contributed by atoms with Crippen molar-refractivity contribution in [1.82, 2.24) is 0 Å². The molecule has 0 aromatic heterocycles. The number of anilines is 1. The normalized spacial score (nSPS) is 10.7. The van der Waals surface area contributed by atoms with Gasteiger partial charge in [0.05, 0.1) is 17.3 Å². The van der Waals surface area contributed by atoms with E-state index < -0.39 is 11.7 Å². The van der Waals surface area contributed by atoms with Gasteiger partial charge in [-0.05, 0) is 19.1 Å². The van der Waals surface area contributed by atoms with Crippen molar-refractivity contribution >= 4 is 28.8 Å². The molecule has 0 unspecified atom stereocenters. The first kappa shape index (κ1) is 14.7. The second-order valence-corrected chi connectivity index (χ2v) is 3.68. The van der Waals surface area contributed by atoms with Crippen molar-refractivity contribution < 1.29 is 9.13 Å². The molecule has 0 bridgehead atoms. The van der Waals surface area contributed by atoms with E-state index in [2.05, 4.69) is 10.5 Å². The fraction of sp³-hybridized carbons (Fsp3) is 0.182. The van der Waals surface area contributed by atoms with E-state index in [1.165, 1.54) is 12.1 Å². The minimum Gasteiger partial charge on any atom is -0.489 e. The van der Waals surface area contributed by atoms with Crippen molar-refractivity contribution in [2.24, 2.45) is 10.8 Å². The summed E-state index contributed by atoms with van der Waals surface area (Å²) in [5.41, 5.74) is 7.01. The molecule has 1 aromatic rings. The lowest BCUT2D eigenvalue weighted by Crippen LogP contribution is -2.22. The summed E-state index contributed by atoms with van der Waals surface area (Å²) >= 11 is 5.79. The number of amidine groups is 1. The first-order valence-electron chi connectivity index (χ1n) is 5.20. The van der Waals surface area contributed by atoms with Gasteiger partial charge in [0.25, 0.3) is 0 Å². The van der Waals surface area contributed by atoms with Crippen LogP contribution in [-0.4, -0.2) is 18.2 Å². The van der Waals surface area contributed by atoms with Crippen molar-refractivity contribution in [2.75, 3.05) is 12.0 Å². The van der Waals surface area contributed by atoms with Gasteiger partial charge < -0.3 is 10.5 Å². The smallest absolute Gasteiger partial charge is 0.201 e. The molecule has 0 amide bonds. The van der Waals surface area contributed by atoms with Crippen LogP contribution in [-0.2, 0) is 0 Å². The number of halogens is 2. The molecule has 4 N–H and O–H groups in total. The summed E-state index contributed by atoms with van der Waals surface area (Å²) in [4.78, 5) is 0. The van der Waals surface area contributed by atoms with Crippen LogP contribution in [0.5, 0.6) is 5.75 Å². The Balaban J connectivity index is 3.07. The molecule has 100 valence electrons. The highest BCUT2D eigenvalue weighted by Crippen LogP contribution is 2.32. The van der Waals surface area contributed by atoms with Gasteiger partial charge in [0, 0.05) is 0 Å². The largest absolute Gasteiger partial charge is 0.489 e. The predicted molar refractivity (Wildman–Crippen MR) is 71.2 cm³/mol. The minimum absolute atomic E-state index is 0.0400. The Kier molecular flexibility index (Phi) is 5.09. The van der Waals surface area contributed by atoms with Crippen molar-refractivity contribution in [1.29, 1.82) is 10.7 Å². The highest BCUT2D eigenvalue weighted by Gasteiger charge is 2.13. The Bertz CT molecular complexity index is 567. The Morgan fingerprint density at radius 1 is 1.68 bits per heavy atom. The minimum atomic E-state index is -0.737. The van der Waals surface area contributed by atoms with E-state index in [0.717, 1.165) is 0 Å². The van der Waals surface area contributed by atoms with E-state index in [9.17, 15) is 4.39 Å². The molecular formula is C11H11ClFN5O. The van der Waals surface area contributed by atoms with Crippen LogP contribution in [0.4, 0.5) is 10.1 Å². The van der Waals surface area contributed by atoms with Crippen LogP contribution in [0.3, 0.4) is 0 Å². The number of hydrazone groups is 1. The summed E-state index contributed by atoms with van der Waals surface area (Å²) in [6.07, 6.45) is 0. The summed E-state index contributed by atoms with van der Waals surface area (Å²) in [5, 5.41) is 19.4. The maximum atomic E-state index is 14.0. The summed E-state index contributed by atoms with van der Waals surface area (Å²) in [7, 11) is 0. The lowest BCUT2D eigenvalue weighted by atomic mass is 10.3. The average Bonchev–Trinajstić information content (AvgIpc) is 2.37. The third kappa shape index (κ3) is 3.56. The van der Waals surface area contributed by atoms with E-state index in [-0.39, 0.29) is 28.8 Å². The zero-order valence-corrected chi connectivity index (χ0v) is 10.8. The Labute approximate surface area is 114 Å². The van der Waals surface area contributed by atoms with Crippen LogP contribution in [0.1, 0.15) is 6.92 Å². The number of hydrogen-bond donors (Lipinski definition) is 3. The summed E-state index contributed by atoms with van der Waals surface area (Å²) < 4.78 is 19.0. The number of benzene rings is 1. The molecule has 0 saturated heterocycles. The second kappa shape index (κ2) is 6.56. The van der Waals surface area contributed by atoms with Crippen LogP contribution < -0.4 is 15.9 Å². The van der Waals surface area contributed by atoms with E-state index >= 15 is 0 Å². The van der Waals surface area contributed by atoms with Crippen LogP contribution in [0.25, 0.3) is 0 Å². The summed E-state index contributed by atoms with van der Waals surface area (Å²) in [6, 6.07) is 4.36. The lowest BCUT2D eigenvalue weighted by molar-refractivity contribution is 0.322. The van der Waals surface area contributed by atoms with Crippen molar-refractivity contribution in [3.8, 4) is 11.8 Å². The molecule has 0 aliphatic heterocycles. The fourth-order valence-electron chi connectivity index (χ4n) is 1.16. The highest BCUT2D eigenvalue weighted by molar-refractivity contribution is 6.45. The molecule has 8 heteroatoms. The molecule has 0 heterocycles. The molecule has 19 heavy (non-hydrogen) atoms. The van der Waals surface area contributed by atoms with E-state index in [0.29, 0.717) is 0 Å². The van der Waals surface area contributed by atoms with Gasteiger partial charge in [0.1, 0.15) is 6.07 Å². The number of nitrogens with one attached hydrogen (secondary N) is 2. The van der Waals surface area contributed by atoms with Crippen molar-refractivity contribution in [3.63, 3.8) is 0 Å². The molecule has 0 spiro atoms. The standard InChI is InChI=1S/C11H11ClFN5O/c1-2-19-10-6(12)3-4-7(9(10)13)17-18-8(5-14)11(15)16/h3-4,17H,2H2,1H3,(H3,15,16)/b18-8+. The van der Waals surface area contributed by atoms with E-state index in [1.807, 2.05) is 0 Å². The van der Waals surface area contributed by atoms with Gasteiger partial charge in [0.15, 0.2) is 17.4 Å². The molecule has 6 nitrogen and oxygen atoms in total. The molecule has 1 aromatic carbocycles. The molecule has 0 aliphatic carbocycles. The number of nitrogens with two attached hydrogens (primary N) is 1. The quantitative estimate of drug-likeness (QED) is 0.437. The maximum Gasteiger partial charge on any atom is 0.201 e. The van der Waals surface area contributed by atoms with Gasteiger partial charge in [-0.1, -0.05) is 11.6 Å². The van der Waals surface area contributed by atoms with E-state index in [1.54, 1.807) is 13.0 Å². The van der Waals surface area contributed by atoms with E-state index in [4.69, 9.17) is 32.7 Å². The van der Waals surface area contributed by atoms with Gasteiger partial charge >= 0.3 is 0 Å². The van der Waals surface area contributed by atoms with Crippen molar-refractivity contribution in [3.05, 3.63) is 23.0 Å². The predicted octanol–water partition coefficient (Wildman–Crippen LogP) is 2.11. The van der Waals surface area contributed by atoms with Gasteiger partial charge in [-0.2, -0.15) is 10.4 Å². The van der Waals surface area contributed by atoms with Crippen LogP contribution in [0.15, 0.2) is 17.2 Å². The molecule has 0 radical (unpaired) electrons. The lowest BCUT2D eigenvalue weighted by Gasteiger charge is -2.10. The maximum absolute atomic E-state index is 14.0. The number of nitriles is 1. The molecule has 0 atom stereocenters. The number of hydrogen-bond acceptors (Lipinski definition) is 5. The summed E-state index contributed by atoms with van der Waals surface area (Å²) in [5.74, 6) is -1.36. The Morgan fingerprint density at radius 3 is 2.89 bits per heavy atom. The number of ether oxygens (including phenoxy) is 1. The van der Waals surface area contributed by atoms with Crippen LogP contribution in [0.2, 0.25) is 5.02 Å². The average molecular weight is 284 g/mol. The van der Waals surface area contributed by atoms with Gasteiger partial charge in [0.2, 0.25) is 5.71 Å². The molecule has 0 fully saturated rings. The number of nitrogens with zero attached hydrogens (tertiary/aromatic N) is 2. The third-order valence-corrected chi connectivity index (χ3v) is 2.28. The Morgan fingerprint density at radius 2 is 2.37 bits per heavy atom. The van der Waals surface area contributed by atoms with Gasteiger partial charge in [-0.15, -0.1) is 0 Å². The molecule has 0 saturated carbocycles. The zero-order valence-electron chi connectivity index (χ0n) is 10.00. The first-order chi connectivity index (χ1) is 9.01. The fourth-order valence-corrected chi connectivity index (χ4v) is 1.36. The SMILES string of the molecule is CCOc1c(Cl)ccc(N/N=C(\C#N)C(=N)N)c1F. The van der Waals surface area contributed by atoms with Gasteiger partial charge in [-0.3, -0.25) is 10.8 Å². The highest BCUT2D eigenvalue weighted by atomic mass is 35.5. The summed E-state index contributed by atoms with van der Waals surface area (Å²) in [6.45, 7) is 1.94. The zero-order chi connectivity index (χ0) is 14.4. The first-order valence-corrected chi connectivity index (χ1v) is 5.58. The topological polar surface area (TPSA) is 107 Å². The molecule has 0 aliphatic rings.